The van der Waals surface area contributed by atoms with Crippen molar-refractivity contribution in [1.29, 1.82) is 0 Å². The van der Waals surface area contributed by atoms with Crippen LogP contribution >= 0.6 is 23.2 Å². The predicted molar refractivity (Wildman–Crippen MR) is 104 cm³/mol. The Morgan fingerprint density at radius 2 is 1.81 bits per heavy atom. The maximum atomic E-state index is 12.2. The number of nitrogens with zero attached hydrogens (tertiary/aromatic N) is 1. The first-order valence-corrected chi connectivity index (χ1v) is 8.78. The van der Waals surface area contributed by atoms with Gasteiger partial charge in [0.15, 0.2) is 0 Å². The van der Waals surface area contributed by atoms with E-state index in [4.69, 9.17) is 27.9 Å². The second kappa shape index (κ2) is 9.46. The van der Waals surface area contributed by atoms with Gasteiger partial charge < -0.3 is 15.0 Å². The number of ether oxygens (including phenoxy) is 1. The molecule has 0 fully saturated rings. The Bertz CT molecular complexity index is 779. The zero-order valence-corrected chi connectivity index (χ0v) is 16.1. The van der Waals surface area contributed by atoms with Crippen molar-refractivity contribution in [2.24, 2.45) is 0 Å². The van der Waals surface area contributed by atoms with Crippen molar-refractivity contribution in [2.45, 2.75) is 19.9 Å². The molecule has 26 heavy (non-hydrogen) atoms. The molecule has 2 rings (SSSR count). The molecule has 0 unspecified atom stereocenters. The van der Waals surface area contributed by atoms with Crippen LogP contribution in [0.3, 0.4) is 0 Å². The number of carbonyl (C=O) groups excluding carboxylic acids is 2. The highest BCUT2D eigenvalue weighted by Gasteiger charge is 2.13. The zero-order chi connectivity index (χ0) is 19.1. The Hall–Kier alpha value is -2.24. The number of carbonyl (C=O) groups is 2. The summed E-state index contributed by atoms with van der Waals surface area (Å²) in [6, 6.07) is 12.3. The molecule has 2 aromatic carbocycles. The first-order valence-electron chi connectivity index (χ1n) is 8.02. The number of hydrogen-bond acceptors (Lipinski definition) is 3. The Morgan fingerprint density at radius 1 is 1.12 bits per heavy atom. The fraction of sp³-hybridized carbons (Fsp3) is 0.263. The van der Waals surface area contributed by atoms with E-state index in [0.29, 0.717) is 34.6 Å². The van der Waals surface area contributed by atoms with Crippen molar-refractivity contribution in [3.8, 4) is 5.75 Å². The maximum Gasteiger partial charge on any atom is 0.226 e. The van der Waals surface area contributed by atoms with Crippen LogP contribution in [0.15, 0.2) is 42.5 Å². The van der Waals surface area contributed by atoms with Crippen molar-refractivity contribution in [3.63, 3.8) is 0 Å². The van der Waals surface area contributed by atoms with Gasteiger partial charge in [-0.3, -0.25) is 9.59 Å². The van der Waals surface area contributed by atoms with Crippen LogP contribution in [0.4, 0.5) is 5.69 Å². The van der Waals surface area contributed by atoms with Crippen molar-refractivity contribution in [1.82, 2.24) is 4.90 Å². The van der Waals surface area contributed by atoms with Crippen LogP contribution in [0, 0.1) is 0 Å². The molecule has 0 saturated carbocycles. The molecule has 0 saturated heterocycles. The molecule has 0 atom stereocenters. The van der Waals surface area contributed by atoms with E-state index in [-0.39, 0.29) is 18.2 Å². The monoisotopic (exact) mass is 394 g/mol. The lowest BCUT2D eigenvalue weighted by Gasteiger charge is -2.21. The molecule has 1 N–H and O–H groups in total. The Morgan fingerprint density at radius 3 is 2.38 bits per heavy atom. The number of amides is 2. The SMILES string of the molecule is COc1ccc(NC(=O)CCN(Cc2ccc(Cl)cc2)C(C)=O)cc1Cl. The molecule has 2 amide bonds. The van der Waals surface area contributed by atoms with E-state index in [2.05, 4.69) is 5.32 Å². The molecule has 5 nitrogen and oxygen atoms in total. The van der Waals surface area contributed by atoms with Gasteiger partial charge in [0.1, 0.15) is 5.75 Å². The average molecular weight is 395 g/mol. The minimum Gasteiger partial charge on any atom is -0.495 e. The second-order valence-corrected chi connectivity index (χ2v) is 6.56. The molecule has 2 aromatic rings. The number of benzene rings is 2. The minimum atomic E-state index is -0.200. The van der Waals surface area contributed by atoms with E-state index in [1.54, 1.807) is 35.2 Å². The number of rotatable bonds is 7. The van der Waals surface area contributed by atoms with E-state index >= 15 is 0 Å². The van der Waals surface area contributed by atoms with Crippen LogP contribution < -0.4 is 10.1 Å². The summed E-state index contributed by atoms with van der Waals surface area (Å²) >= 11 is 11.9. The normalized spacial score (nSPS) is 10.3. The summed E-state index contributed by atoms with van der Waals surface area (Å²) in [6.45, 7) is 2.22. The molecular weight excluding hydrogens is 375 g/mol. The average Bonchev–Trinajstić information content (AvgIpc) is 2.60. The fourth-order valence-corrected chi connectivity index (χ4v) is 2.75. The lowest BCUT2D eigenvalue weighted by molar-refractivity contribution is -0.129. The van der Waals surface area contributed by atoms with Crippen molar-refractivity contribution in [2.75, 3.05) is 19.0 Å². The molecule has 0 aliphatic heterocycles. The number of halogens is 2. The molecule has 7 heteroatoms. The first kappa shape index (κ1) is 20.1. The standard InChI is InChI=1S/C19H20Cl2N2O3/c1-13(24)23(12-14-3-5-15(20)6-4-14)10-9-19(25)22-16-7-8-18(26-2)17(21)11-16/h3-8,11H,9-10,12H2,1-2H3,(H,22,25). The highest BCUT2D eigenvalue weighted by Crippen LogP contribution is 2.27. The number of hydrogen-bond donors (Lipinski definition) is 1. The summed E-state index contributed by atoms with van der Waals surface area (Å²) in [5.41, 5.74) is 1.53. The van der Waals surface area contributed by atoms with Gasteiger partial charge >= 0.3 is 0 Å². The van der Waals surface area contributed by atoms with Crippen LogP contribution in [0.1, 0.15) is 18.9 Å². The number of anilines is 1. The molecule has 0 heterocycles. The van der Waals surface area contributed by atoms with E-state index in [1.165, 1.54) is 14.0 Å². The summed E-state index contributed by atoms with van der Waals surface area (Å²) in [5.74, 6) is 0.240. The van der Waals surface area contributed by atoms with Crippen LogP contribution in [0.5, 0.6) is 5.75 Å². The smallest absolute Gasteiger partial charge is 0.226 e. The summed E-state index contributed by atoms with van der Waals surface area (Å²) in [7, 11) is 1.52. The molecule has 0 aliphatic carbocycles. The lowest BCUT2D eigenvalue weighted by Crippen LogP contribution is -2.31. The highest BCUT2D eigenvalue weighted by molar-refractivity contribution is 6.32. The topological polar surface area (TPSA) is 58.6 Å². The largest absolute Gasteiger partial charge is 0.495 e. The Kier molecular flexibility index (Phi) is 7.30. The molecule has 0 bridgehead atoms. The third-order valence-corrected chi connectivity index (χ3v) is 4.32. The number of nitrogens with one attached hydrogen (secondary N) is 1. The summed E-state index contributed by atoms with van der Waals surface area (Å²) in [4.78, 5) is 25.6. The fourth-order valence-electron chi connectivity index (χ4n) is 2.36. The van der Waals surface area contributed by atoms with Gasteiger partial charge in [-0.2, -0.15) is 0 Å². The van der Waals surface area contributed by atoms with Gasteiger partial charge in [-0.15, -0.1) is 0 Å². The molecular formula is C19H20Cl2N2O3. The molecule has 0 aliphatic rings. The third kappa shape index (κ3) is 5.93. The van der Waals surface area contributed by atoms with Gasteiger partial charge in [-0.05, 0) is 35.9 Å². The van der Waals surface area contributed by atoms with Crippen molar-refractivity contribution >= 4 is 40.7 Å². The van der Waals surface area contributed by atoms with Crippen molar-refractivity contribution < 1.29 is 14.3 Å². The highest BCUT2D eigenvalue weighted by atomic mass is 35.5. The van der Waals surface area contributed by atoms with Gasteiger partial charge in [0, 0.05) is 37.1 Å². The number of methoxy groups -OCH3 is 1. The summed E-state index contributed by atoms with van der Waals surface area (Å²) in [6.07, 6.45) is 0.177. The first-order chi connectivity index (χ1) is 12.4. The lowest BCUT2D eigenvalue weighted by atomic mass is 10.2. The van der Waals surface area contributed by atoms with Gasteiger partial charge in [-0.25, -0.2) is 0 Å². The van der Waals surface area contributed by atoms with E-state index < -0.39 is 0 Å². The van der Waals surface area contributed by atoms with Gasteiger partial charge in [-0.1, -0.05) is 35.3 Å². The van der Waals surface area contributed by atoms with Crippen LogP contribution in [0.25, 0.3) is 0 Å². The van der Waals surface area contributed by atoms with E-state index in [9.17, 15) is 9.59 Å². The van der Waals surface area contributed by atoms with Gasteiger partial charge in [0.25, 0.3) is 0 Å². The van der Waals surface area contributed by atoms with E-state index in [0.717, 1.165) is 5.56 Å². The quantitative estimate of drug-likeness (QED) is 0.757. The predicted octanol–water partition coefficient (Wildman–Crippen LogP) is 4.38. The van der Waals surface area contributed by atoms with Gasteiger partial charge in [0.2, 0.25) is 11.8 Å². The third-order valence-electron chi connectivity index (χ3n) is 3.78. The zero-order valence-electron chi connectivity index (χ0n) is 14.6. The summed E-state index contributed by atoms with van der Waals surface area (Å²) < 4.78 is 5.08. The molecule has 138 valence electrons. The minimum absolute atomic E-state index is 0.0970. The summed E-state index contributed by atoms with van der Waals surface area (Å²) in [5, 5.41) is 3.82. The molecule has 0 spiro atoms. The second-order valence-electron chi connectivity index (χ2n) is 5.71. The maximum absolute atomic E-state index is 12.2. The molecule has 0 aromatic heterocycles. The Balaban J connectivity index is 1.91. The molecule has 0 radical (unpaired) electrons. The van der Waals surface area contributed by atoms with Crippen LogP contribution in [0.2, 0.25) is 10.0 Å². The van der Waals surface area contributed by atoms with E-state index in [1.807, 2.05) is 12.1 Å². The van der Waals surface area contributed by atoms with Crippen molar-refractivity contribution in [3.05, 3.63) is 58.1 Å². The van der Waals surface area contributed by atoms with Gasteiger partial charge in [0.05, 0.1) is 12.1 Å². The van der Waals surface area contributed by atoms with Crippen LogP contribution in [-0.2, 0) is 16.1 Å². The Labute approximate surface area is 162 Å². The van der Waals surface area contributed by atoms with Crippen LogP contribution in [-0.4, -0.2) is 30.4 Å².